The van der Waals surface area contributed by atoms with Crippen LogP contribution in [-0.2, 0) is 11.2 Å². The molecular weight excluding hydrogens is 200 g/mol. The van der Waals surface area contributed by atoms with Crippen molar-refractivity contribution in [1.29, 1.82) is 0 Å². The minimum Gasteiger partial charge on any atom is -0.462 e. The van der Waals surface area contributed by atoms with E-state index >= 15 is 0 Å². The summed E-state index contributed by atoms with van der Waals surface area (Å²) < 4.78 is 4.89. The lowest BCUT2D eigenvalue weighted by molar-refractivity contribution is 0.0526. The van der Waals surface area contributed by atoms with Crippen molar-refractivity contribution in [3.8, 4) is 0 Å². The number of aryl methyl sites for hydroxylation is 1. The highest BCUT2D eigenvalue weighted by atomic mass is 35.5. The highest BCUT2D eigenvalue weighted by molar-refractivity contribution is 6.31. The predicted molar refractivity (Wildman–Crippen MR) is 56.8 cm³/mol. The molecule has 0 aliphatic carbocycles. The van der Waals surface area contributed by atoms with E-state index < -0.39 is 0 Å². The third-order valence-electron chi connectivity index (χ3n) is 1.94. The van der Waals surface area contributed by atoms with Crippen LogP contribution >= 0.6 is 11.6 Å². The lowest BCUT2D eigenvalue weighted by Crippen LogP contribution is -2.05. The number of halogens is 1. The van der Waals surface area contributed by atoms with Gasteiger partial charge in [-0.05, 0) is 37.1 Å². The van der Waals surface area contributed by atoms with Crippen LogP contribution in [0.2, 0.25) is 5.02 Å². The normalized spacial score (nSPS) is 9.93. The fraction of sp³-hybridized carbons (Fsp3) is 0.364. The summed E-state index contributed by atoms with van der Waals surface area (Å²) in [5.74, 6) is -0.293. The molecule has 76 valence electrons. The summed E-state index contributed by atoms with van der Waals surface area (Å²) in [6.45, 7) is 4.17. The standard InChI is InChI=1S/C11H13ClO2/c1-3-8-7-9(5-6-10(8)12)11(13)14-4-2/h5-7H,3-4H2,1-2H3. The maximum absolute atomic E-state index is 11.4. The van der Waals surface area contributed by atoms with E-state index in [9.17, 15) is 4.79 Å². The van der Waals surface area contributed by atoms with E-state index in [0.29, 0.717) is 17.2 Å². The summed E-state index contributed by atoms with van der Waals surface area (Å²) >= 11 is 5.93. The molecule has 2 nitrogen and oxygen atoms in total. The van der Waals surface area contributed by atoms with Gasteiger partial charge in [-0.2, -0.15) is 0 Å². The fourth-order valence-electron chi connectivity index (χ4n) is 1.19. The number of benzene rings is 1. The molecule has 0 heterocycles. The van der Waals surface area contributed by atoms with Gasteiger partial charge in [0, 0.05) is 5.02 Å². The first kappa shape index (κ1) is 11.1. The molecule has 0 N–H and O–H groups in total. The van der Waals surface area contributed by atoms with Crippen LogP contribution in [0.3, 0.4) is 0 Å². The molecule has 0 amide bonds. The van der Waals surface area contributed by atoms with Crippen LogP contribution in [0.4, 0.5) is 0 Å². The average molecular weight is 213 g/mol. The molecule has 0 spiro atoms. The highest BCUT2D eigenvalue weighted by Crippen LogP contribution is 2.18. The Kier molecular flexibility index (Phi) is 3.96. The van der Waals surface area contributed by atoms with Crippen molar-refractivity contribution in [2.75, 3.05) is 6.61 Å². The molecule has 0 atom stereocenters. The summed E-state index contributed by atoms with van der Waals surface area (Å²) in [7, 11) is 0. The van der Waals surface area contributed by atoms with Crippen LogP contribution in [-0.4, -0.2) is 12.6 Å². The molecule has 0 unspecified atom stereocenters. The second-order valence-corrected chi connectivity index (χ2v) is 3.29. The zero-order chi connectivity index (χ0) is 10.6. The van der Waals surface area contributed by atoms with Gasteiger partial charge in [-0.1, -0.05) is 18.5 Å². The van der Waals surface area contributed by atoms with E-state index in [1.165, 1.54) is 0 Å². The van der Waals surface area contributed by atoms with Crippen LogP contribution < -0.4 is 0 Å². The molecule has 0 aliphatic heterocycles. The van der Waals surface area contributed by atoms with Crippen molar-refractivity contribution >= 4 is 17.6 Å². The Morgan fingerprint density at radius 1 is 1.43 bits per heavy atom. The Morgan fingerprint density at radius 2 is 2.14 bits per heavy atom. The minimum atomic E-state index is -0.293. The number of ether oxygens (including phenoxy) is 1. The van der Waals surface area contributed by atoms with Crippen molar-refractivity contribution in [3.63, 3.8) is 0 Å². The summed E-state index contributed by atoms with van der Waals surface area (Å²) in [5.41, 5.74) is 1.53. The summed E-state index contributed by atoms with van der Waals surface area (Å²) in [6, 6.07) is 5.19. The fourth-order valence-corrected chi connectivity index (χ4v) is 1.44. The number of rotatable bonds is 3. The van der Waals surface area contributed by atoms with Crippen LogP contribution in [0.15, 0.2) is 18.2 Å². The molecule has 0 bridgehead atoms. The Hall–Kier alpha value is -1.02. The maximum Gasteiger partial charge on any atom is 0.338 e. The van der Waals surface area contributed by atoms with Gasteiger partial charge in [0.2, 0.25) is 0 Å². The van der Waals surface area contributed by atoms with Crippen molar-refractivity contribution < 1.29 is 9.53 Å². The number of carbonyl (C=O) groups is 1. The molecule has 0 aromatic heterocycles. The lowest BCUT2D eigenvalue weighted by atomic mass is 10.1. The molecular formula is C11H13ClO2. The quantitative estimate of drug-likeness (QED) is 0.720. The summed E-state index contributed by atoms with van der Waals surface area (Å²) in [4.78, 5) is 11.4. The monoisotopic (exact) mass is 212 g/mol. The van der Waals surface area contributed by atoms with Crippen molar-refractivity contribution in [3.05, 3.63) is 34.3 Å². The topological polar surface area (TPSA) is 26.3 Å². The summed E-state index contributed by atoms with van der Waals surface area (Å²) in [6.07, 6.45) is 0.812. The Balaban J connectivity index is 2.94. The van der Waals surface area contributed by atoms with Crippen molar-refractivity contribution in [2.45, 2.75) is 20.3 Å². The van der Waals surface area contributed by atoms with Crippen LogP contribution in [0, 0.1) is 0 Å². The van der Waals surface area contributed by atoms with E-state index in [0.717, 1.165) is 12.0 Å². The predicted octanol–water partition coefficient (Wildman–Crippen LogP) is 3.08. The molecule has 0 aliphatic rings. The SMILES string of the molecule is CCOC(=O)c1ccc(Cl)c(CC)c1. The zero-order valence-corrected chi connectivity index (χ0v) is 9.10. The first-order chi connectivity index (χ1) is 6.69. The number of hydrogen-bond donors (Lipinski definition) is 0. The first-order valence-corrected chi connectivity index (χ1v) is 5.02. The van der Waals surface area contributed by atoms with Gasteiger partial charge in [0.25, 0.3) is 0 Å². The molecule has 1 rings (SSSR count). The molecule has 0 fully saturated rings. The first-order valence-electron chi connectivity index (χ1n) is 4.64. The third kappa shape index (κ3) is 2.48. The van der Waals surface area contributed by atoms with E-state index in [4.69, 9.17) is 16.3 Å². The molecule has 0 saturated carbocycles. The Morgan fingerprint density at radius 3 is 2.71 bits per heavy atom. The van der Waals surface area contributed by atoms with Gasteiger partial charge in [0.1, 0.15) is 0 Å². The summed E-state index contributed by atoms with van der Waals surface area (Å²) in [5, 5.41) is 0.695. The van der Waals surface area contributed by atoms with Crippen LogP contribution in [0.25, 0.3) is 0 Å². The van der Waals surface area contributed by atoms with Crippen LogP contribution in [0.5, 0.6) is 0 Å². The lowest BCUT2D eigenvalue weighted by Gasteiger charge is -2.05. The minimum absolute atomic E-state index is 0.293. The Labute approximate surface area is 88.8 Å². The van der Waals surface area contributed by atoms with Gasteiger partial charge in [0.15, 0.2) is 0 Å². The molecule has 3 heteroatoms. The largest absolute Gasteiger partial charge is 0.462 e. The third-order valence-corrected chi connectivity index (χ3v) is 2.31. The second-order valence-electron chi connectivity index (χ2n) is 2.88. The van der Waals surface area contributed by atoms with E-state index in [-0.39, 0.29) is 5.97 Å². The van der Waals surface area contributed by atoms with Crippen molar-refractivity contribution in [2.24, 2.45) is 0 Å². The molecule has 14 heavy (non-hydrogen) atoms. The van der Waals surface area contributed by atoms with Gasteiger partial charge >= 0.3 is 5.97 Å². The van der Waals surface area contributed by atoms with Crippen molar-refractivity contribution in [1.82, 2.24) is 0 Å². The van der Waals surface area contributed by atoms with Gasteiger partial charge in [0.05, 0.1) is 12.2 Å². The average Bonchev–Trinajstić information content (AvgIpc) is 2.19. The van der Waals surface area contributed by atoms with Gasteiger partial charge < -0.3 is 4.74 Å². The van der Waals surface area contributed by atoms with Crippen LogP contribution in [0.1, 0.15) is 29.8 Å². The maximum atomic E-state index is 11.4. The molecule has 1 aromatic carbocycles. The van der Waals surface area contributed by atoms with E-state index in [2.05, 4.69) is 0 Å². The number of esters is 1. The molecule has 1 aromatic rings. The van der Waals surface area contributed by atoms with Gasteiger partial charge in [-0.15, -0.1) is 0 Å². The number of carbonyl (C=O) groups excluding carboxylic acids is 1. The Bertz CT molecular complexity index is 334. The highest BCUT2D eigenvalue weighted by Gasteiger charge is 2.08. The smallest absolute Gasteiger partial charge is 0.338 e. The van der Waals surface area contributed by atoms with E-state index in [1.54, 1.807) is 25.1 Å². The van der Waals surface area contributed by atoms with Gasteiger partial charge in [-0.25, -0.2) is 4.79 Å². The number of hydrogen-bond acceptors (Lipinski definition) is 2. The van der Waals surface area contributed by atoms with Gasteiger partial charge in [-0.3, -0.25) is 0 Å². The van der Waals surface area contributed by atoms with E-state index in [1.807, 2.05) is 6.92 Å². The zero-order valence-electron chi connectivity index (χ0n) is 8.34. The molecule has 0 saturated heterocycles. The second kappa shape index (κ2) is 5.01. The molecule has 0 radical (unpaired) electrons.